The number of aryl methyl sites for hydroxylation is 1. The minimum atomic E-state index is 0.184. The standard InChI is InChI=1S/C15H22N2OS/c1-4-16-7-9-17(10-8-16)15(18)14-11-13(19-3)6-5-12(14)2/h5-6,11H,4,7-10H2,1-3H3. The molecule has 4 heteroatoms. The van der Waals surface area contributed by atoms with E-state index in [0.29, 0.717) is 0 Å². The van der Waals surface area contributed by atoms with E-state index in [4.69, 9.17) is 0 Å². The minimum Gasteiger partial charge on any atom is -0.336 e. The molecule has 1 fully saturated rings. The number of carbonyl (C=O) groups excluding carboxylic acids is 1. The van der Waals surface area contributed by atoms with Gasteiger partial charge in [0.25, 0.3) is 5.91 Å². The molecule has 0 aromatic heterocycles. The van der Waals surface area contributed by atoms with Gasteiger partial charge in [-0.25, -0.2) is 0 Å². The molecule has 1 aliphatic heterocycles. The molecule has 1 aromatic carbocycles. The van der Waals surface area contributed by atoms with Gasteiger partial charge in [-0.05, 0) is 37.4 Å². The van der Waals surface area contributed by atoms with Gasteiger partial charge in [0.05, 0.1) is 0 Å². The van der Waals surface area contributed by atoms with Crippen molar-refractivity contribution in [2.24, 2.45) is 0 Å². The highest BCUT2D eigenvalue weighted by Crippen LogP contribution is 2.20. The lowest BCUT2D eigenvalue weighted by molar-refractivity contribution is 0.0642. The molecule has 0 aliphatic carbocycles. The molecule has 0 bridgehead atoms. The SMILES string of the molecule is CCN1CCN(C(=O)c2cc(SC)ccc2C)CC1. The molecule has 0 unspecified atom stereocenters. The van der Waals surface area contributed by atoms with Crippen LogP contribution in [-0.2, 0) is 0 Å². The molecule has 0 radical (unpaired) electrons. The van der Waals surface area contributed by atoms with Gasteiger partial charge in [0.2, 0.25) is 0 Å². The minimum absolute atomic E-state index is 0.184. The fourth-order valence-corrected chi connectivity index (χ4v) is 2.84. The van der Waals surface area contributed by atoms with E-state index in [1.807, 2.05) is 30.2 Å². The van der Waals surface area contributed by atoms with Gasteiger partial charge >= 0.3 is 0 Å². The van der Waals surface area contributed by atoms with E-state index in [1.165, 1.54) is 0 Å². The van der Waals surface area contributed by atoms with Crippen LogP contribution < -0.4 is 0 Å². The average Bonchev–Trinajstić information content (AvgIpc) is 2.47. The summed E-state index contributed by atoms with van der Waals surface area (Å²) < 4.78 is 0. The normalized spacial score (nSPS) is 16.7. The third kappa shape index (κ3) is 3.31. The Morgan fingerprint density at radius 1 is 1.26 bits per heavy atom. The first kappa shape index (κ1) is 14.4. The van der Waals surface area contributed by atoms with Gasteiger partial charge in [-0.3, -0.25) is 4.79 Å². The number of carbonyl (C=O) groups is 1. The van der Waals surface area contributed by atoms with Crippen molar-refractivity contribution in [2.45, 2.75) is 18.7 Å². The maximum atomic E-state index is 12.6. The fraction of sp³-hybridized carbons (Fsp3) is 0.533. The molecule has 3 nitrogen and oxygen atoms in total. The summed E-state index contributed by atoms with van der Waals surface area (Å²) in [6.07, 6.45) is 2.04. The van der Waals surface area contributed by atoms with Gasteiger partial charge in [-0.2, -0.15) is 0 Å². The Morgan fingerprint density at radius 2 is 1.95 bits per heavy atom. The van der Waals surface area contributed by atoms with Crippen molar-refractivity contribution in [3.63, 3.8) is 0 Å². The number of hydrogen-bond acceptors (Lipinski definition) is 3. The second-order valence-corrected chi connectivity index (χ2v) is 5.79. The van der Waals surface area contributed by atoms with Crippen molar-refractivity contribution < 1.29 is 4.79 Å². The van der Waals surface area contributed by atoms with E-state index in [0.717, 1.165) is 48.7 Å². The van der Waals surface area contributed by atoms with Crippen LogP contribution in [0, 0.1) is 6.92 Å². The molecule has 0 atom stereocenters. The summed E-state index contributed by atoms with van der Waals surface area (Å²) in [5, 5.41) is 0. The van der Waals surface area contributed by atoms with Crippen LogP contribution in [0.25, 0.3) is 0 Å². The Morgan fingerprint density at radius 3 is 2.53 bits per heavy atom. The number of hydrogen-bond donors (Lipinski definition) is 0. The third-order valence-corrected chi connectivity index (χ3v) is 4.51. The first-order valence-corrected chi connectivity index (χ1v) is 8.04. The Hall–Kier alpha value is -1.00. The van der Waals surface area contributed by atoms with Crippen LogP contribution in [0.2, 0.25) is 0 Å². The largest absolute Gasteiger partial charge is 0.336 e. The zero-order chi connectivity index (χ0) is 13.8. The smallest absolute Gasteiger partial charge is 0.254 e. The third-order valence-electron chi connectivity index (χ3n) is 3.78. The lowest BCUT2D eigenvalue weighted by Gasteiger charge is -2.34. The van der Waals surface area contributed by atoms with Crippen LogP contribution in [0.5, 0.6) is 0 Å². The van der Waals surface area contributed by atoms with Crippen molar-refractivity contribution >= 4 is 17.7 Å². The van der Waals surface area contributed by atoms with Gasteiger partial charge in [0.15, 0.2) is 0 Å². The molecule has 1 saturated heterocycles. The summed E-state index contributed by atoms with van der Waals surface area (Å²) in [7, 11) is 0. The van der Waals surface area contributed by atoms with Crippen molar-refractivity contribution in [2.75, 3.05) is 39.0 Å². The number of thioether (sulfide) groups is 1. The van der Waals surface area contributed by atoms with Crippen molar-refractivity contribution in [1.29, 1.82) is 0 Å². The van der Waals surface area contributed by atoms with E-state index in [-0.39, 0.29) is 5.91 Å². The summed E-state index contributed by atoms with van der Waals surface area (Å²) in [4.78, 5) is 18.1. The summed E-state index contributed by atoms with van der Waals surface area (Å²) in [6, 6.07) is 6.14. The maximum absolute atomic E-state index is 12.6. The highest BCUT2D eigenvalue weighted by Gasteiger charge is 2.22. The summed E-state index contributed by atoms with van der Waals surface area (Å²) in [6.45, 7) is 8.92. The van der Waals surface area contributed by atoms with Crippen LogP contribution in [0.15, 0.2) is 23.1 Å². The van der Waals surface area contributed by atoms with Gasteiger partial charge in [-0.15, -0.1) is 11.8 Å². The maximum Gasteiger partial charge on any atom is 0.254 e. The quantitative estimate of drug-likeness (QED) is 0.794. The number of benzene rings is 1. The molecule has 104 valence electrons. The average molecular weight is 278 g/mol. The highest BCUT2D eigenvalue weighted by molar-refractivity contribution is 7.98. The topological polar surface area (TPSA) is 23.6 Å². The van der Waals surface area contributed by atoms with Crippen LogP contribution in [-0.4, -0.2) is 54.7 Å². The van der Waals surface area contributed by atoms with Crippen LogP contribution in [0.4, 0.5) is 0 Å². The van der Waals surface area contributed by atoms with Gasteiger partial charge in [0.1, 0.15) is 0 Å². The number of amides is 1. The summed E-state index contributed by atoms with van der Waals surface area (Å²) in [5.74, 6) is 0.184. The monoisotopic (exact) mass is 278 g/mol. The summed E-state index contributed by atoms with van der Waals surface area (Å²) >= 11 is 1.68. The molecule has 1 heterocycles. The molecule has 0 saturated carbocycles. The van der Waals surface area contributed by atoms with Crippen molar-refractivity contribution in [1.82, 2.24) is 9.80 Å². The van der Waals surface area contributed by atoms with Gasteiger partial charge in [-0.1, -0.05) is 13.0 Å². The number of rotatable bonds is 3. The Labute approximate surface area is 120 Å². The Bertz CT molecular complexity index is 453. The molecule has 19 heavy (non-hydrogen) atoms. The first-order chi connectivity index (χ1) is 9.15. The van der Waals surface area contributed by atoms with E-state index < -0.39 is 0 Å². The molecule has 1 aliphatic rings. The number of piperazine rings is 1. The number of likely N-dealkylation sites (N-methyl/N-ethyl adjacent to an activating group) is 1. The van der Waals surface area contributed by atoms with Crippen LogP contribution in [0.3, 0.4) is 0 Å². The van der Waals surface area contributed by atoms with Gasteiger partial charge in [0, 0.05) is 36.6 Å². The van der Waals surface area contributed by atoms with Crippen LogP contribution >= 0.6 is 11.8 Å². The van der Waals surface area contributed by atoms with Crippen LogP contribution in [0.1, 0.15) is 22.8 Å². The first-order valence-electron chi connectivity index (χ1n) is 6.82. The van der Waals surface area contributed by atoms with E-state index in [1.54, 1.807) is 11.8 Å². The fourth-order valence-electron chi connectivity index (χ4n) is 2.40. The Balaban J connectivity index is 2.11. The number of nitrogens with zero attached hydrogens (tertiary/aromatic N) is 2. The highest BCUT2D eigenvalue weighted by atomic mass is 32.2. The van der Waals surface area contributed by atoms with E-state index in [9.17, 15) is 4.79 Å². The molecule has 0 N–H and O–H groups in total. The lowest BCUT2D eigenvalue weighted by Crippen LogP contribution is -2.48. The second-order valence-electron chi connectivity index (χ2n) is 4.91. The zero-order valence-electron chi connectivity index (χ0n) is 12.0. The summed E-state index contributed by atoms with van der Waals surface area (Å²) in [5.41, 5.74) is 1.93. The lowest BCUT2D eigenvalue weighted by atomic mass is 10.1. The molecule has 1 amide bonds. The van der Waals surface area contributed by atoms with Crippen molar-refractivity contribution in [3.05, 3.63) is 29.3 Å². The molecular formula is C15H22N2OS. The molecular weight excluding hydrogens is 256 g/mol. The molecule has 2 rings (SSSR count). The van der Waals surface area contributed by atoms with E-state index >= 15 is 0 Å². The molecule has 1 aromatic rings. The predicted octanol–water partition coefficient (Wildman–Crippen LogP) is 2.49. The Kier molecular flexibility index (Phi) is 4.88. The van der Waals surface area contributed by atoms with Gasteiger partial charge < -0.3 is 9.80 Å². The van der Waals surface area contributed by atoms with Crippen molar-refractivity contribution in [3.8, 4) is 0 Å². The van der Waals surface area contributed by atoms with E-state index in [2.05, 4.69) is 17.9 Å². The second kappa shape index (κ2) is 6.44. The predicted molar refractivity (Wildman–Crippen MR) is 81.0 cm³/mol. The molecule has 0 spiro atoms. The zero-order valence-corrected chi connectivity index (χ0v) is 12.8.